The van der Waals surface area contributed by atoms with E-state index in [1.807, 2.05) is 17.1 Å². The van der Waals surface area contributed by atoms with E-state index in [-0.39, 0.29) is 0 Å². The normalized spacial score (nSPS) is 10.5. The van der Waals surface area contributed by atoms with Crippen molar-refractivity contribution in [3.8, 4) is 0 Å². The molecule has 0 unspecified atom stereocenters. The summed E-state index contributed by atoms with van der Waals surface area (Å²) in [5.74, 6) is 0. The van der Waals surface area contributed by atoms with Crippen molar-refractivity contribution in [1.82, 2.24) is 4.57 Å². The molecular formula is C8H8N2S+. The van der Waals surface area contributed by atoms with Crippen LogP contribution in [0, 0.1) is 6.58 Å². The summed E-state index contributed by atoms with van der Waals surface area (Å²) in [4.78, 5) is 1.24. The number of thiazole rings is 1. The molecule has 0 N–H and O–H groups in total. The summed E-state index contributed by atoms with van der Waals surface area (Å²) in [5.41, 5.74) is 0. The lowest BCUT2D eigenvalue weighted by atomic mass is 10.6. The number of aromatic nitrogens is 2. The highest BCUT2D eigenvalue weighted by atomic mass is 32.1. The van der Waals surface area contributed by atoms with Crippen molar-refractivity contribution >= 4 is 16.2 Å². The minimum Gasteiger partial charge on any atom is -0.231 e. The molecule has 0 spiro atoms. The van der Waals surface area contributed by atoms with Crippen molar-refractivity contribution in [2.45, 2.75) is 6.54 Å². The molecule has 0 aliphatic rings. The lowest BCUT2D eigenvalue weighted by Crippen LogP contribution is -2.13. The van der Waals surface area contributed by atoms with Crippen molar-refractivity contribution in [2.75, 3.05) is 0 Å². The summed E-state index contributed by atoms with van der Waals surface area (Å²) in [6.45, 7) is 6.07. The van der Waals surface area contributed by atoms with Crippen LogP contribution in [-0.4, -0.2) is 4.57 Å². The molecule has 2 aromatic heterocycles. The molecule has 0 aliphatic heterocycles. The number of allylic oxidation sites excluding steroid dienone is 1. The summed E-state index contributed by atoms with van der Waals surface area (Å²) in [6.07, 6.45) is 7.78. The van der Waals surface area contributed by atoms with E-state index >= 15 is 0 Å². The second-order valence-corrected chi connectivity index (χ2v) is 3.25. The van der Waals surface area contributed by atoms with Crippen LogP contribution in [0.15, 0.2) is 30.2 Å². The maximum absolute atomic E-state index is 5.30. The third-order valence-corrected chi connectivity index (χ3v) is 2.35. The Balaban J connectivity index is 2.49. The standard InChI is InChI=1S/C8H8N2S/c1-2-3-9-6-8-10(7-9)4-5-11-8/h1-2,4-7H,3H2/q+1. The van der Waals surface area contributed by atoms with Gasteiger partial charge in [0.15, 0.2) is 0 Å². The highest BCUT2D eigenvalue weighted by Crippen LogP contribution is 2.04. The first kappa shape index (κ1) is 6.61. The summed E-state index contributed by atoms with van der Waals surface area (Å²) < 4.78 is 4.12. The number of hydrogen-bond acceptors (Lipinski definition) is 1. The maximum atomic E-state index is 5.30. The molecule has 0 amide bonds. The van der Waals surface area contributed by atoms with Crippen LogP contribution in [0.5, 0.6) is 0 Å². The van der Waals surface area contributed by atoms with Gasteiger partial charge in [-0.3, -0.25) is 0 Å². The van der Waals surface area contributed by atoms with E-state index in [1.165, 1.54) is 4.83 Å². The van der Waals surface area contributed by atoms with Gasteiger partial charge in [0.25, 0.3) is 0 Å². The highest BCUT2D eigenvalue weighted by Gasteiger charge is 2.04. The van der Waals surface area contributed by atoms with Gasteiger partial charge in [0, 0.05) is 5.38 Å². The van der Waals surface area contributed by atoms with Gasteiger partial charge in [0.2, 0.25) is 11.2 Å². The molecule has 55 valence electrons. The number of imidazole rings is 1. The molecule has 0 fully saturated rings. The van der Waals surface area contributed by atoms with Crippen LogP contribution in [0.3, 0.4) is 0 Å². The molecule has 2 heterocycles. The zero-order valence-electron chi connectivity index (χ0n) is 5.97. The van der Waals surface area contributed by atoms with Gasteiger partial charge in [-0.1, -0.05) is 17.9 Å². The first-order valence-corrected chi connectivity index (χ1v) is 4.26. The number of fused-ring (bicyclic) bond motifs is 1. The quantitative estimate of drug-likeness (QED) is 0.591. The van der Waals surface area contributed by atoms with E-state index in [0.29, 0.717) is 0 Å². The minimum absolute atomic E-state index is 0.772. The lowest BCUT2D eigenvalue weighted by molar-refractivity contribution is -0.507. The highest BCUT2D eigenvalue weighted by molar-refractivity contribution is 7.14. The average Bonchev–Trinajstić information content (AvgIpc) is 2.46. The molecule has 1 radical (unpaired) electrons. The van der Waals surface area contributed by atoms with Gasteiger partial charge in [-0.2, -0.15) is 4.40 Å². The second-order valence-electron chi connectivity index (χ2n) is 2.33. The Kier molecular flexibility index (Phi) is 1.51. The topological polar surface area (TPSA) is 9.03 Å². The predicted octanol–water partition coefficient (Wildman–Crippen LogP) is 1.28. The van der Waals surface area contributed by atoms with Gasteiger partial charge < -0.3 is 0 Å². The van der Waals surface area contributed by atoms with Gasteiger partial charge in [-0.25, -0.2) is 4.57 Å². The lowest BCUT2D eigenvalue weighted by Gasteiger charge is -1.82. The minimum atomic E-state index is 0.772. The zero-order valence-corrected chi connectivity index (χ0v) is 6.79. The number of rotatable bonds is 2. The Hall–Kier alpha value is -1.09. The van der Waals surface area contributed by atoms with E-state index in [2.05, 4.69) is 16.0 Å². The Bertz CT molecular complexity index is 343. The predicted molar refractivity (Wildman–Crippen MR) is 44.3 cm³/mol. The molecule has 0 saturated carbocycles. The largest absolute Gasteiger partial charge is 0.249 e. The average molecular weight is 164 g/mol. The van der Waals surface area contributed by atoms with Crippen molar-refractivity contribution < 1.29 is 4.40 Å². The first-order chi connectivity index (χ1) is 5.40. The van der Waals surface area contributed by atoms with E-state index in [0.717, 1.165) is 6.54 Å². The van der Waals surface area contributed by atoms with Gasteiger partial charge in [-0.05, 0) is 6.08 Å². The smallest absolute Gasteiger partial charge is 0.231 e. The van der Waals surface area contributed by atoms with E-state index < -0.39 is 0 Å². The fourth-order valence-corrected chi connectivity index (χ4v) is 1.81. The molecular weight excluding hydrogens is 156 g/mol. The Morgan fingerprint density at radius 2 is 2.64 bits per heavy atom. The van der Waals surface area contributed by atoms with E-state index in [9.17, 15) is 0 Å². The molecule has 2 aromatic rings. The van der Waals surface area contributed by atoms with E-state index in [1.54, 1.807) is 17.4 Å². The Morgan fingerprint density at radius 3 is 3.36 bits per heavy atom. The van der Waals surface area contributed by atoms with Crippen molar-refractivity contribution in [3.63, 3.8) is 0 Å². The summed E-state index contributed by atoms with van der Waals surface area (Å²) in [6, 6.07) is 0. The van der Waals surface area contributed by atoms with Crippen molar-refractivity contribution in [2.24, 2.45) is 0 Å². The summed E-state index contributed by atoms with van der Waals surface area (Å²) in [7, 11) is 0. The van der Waals surface area contributed by atoms with Gasteiger partial charge >= 0.3 is 0 Å². The monoisotopic (exact) mass is 164 g/mol. The third-order valence-electron chi connectivity index (χ3n) is 1.53. The van der Waals surface area contributed by atoms with Crippen molar-refractivity contribution in [1.29, 1.82) is 0 Å². The van der Waals surface area contributed by atoms with Crippen LogP contribution in [-0.2, 0) is 6.54 Å². The Labute approximate surface area is 69.0 Å². The molecule has 0 atom stereocenters. The SMILES string of the molecule is [CH]=CCn1cc2scc[n+]2c1. The second kappa shape index (κ2) is 2.51. The first-order valence-electron chi connectivity index (χ1n) is 3.38. The van der Waals surface area contributed by atoms with Gasteiger partial charge in [-0.15, -0.1) is 0 Å². The van der Waals surface area contributed by atoms with Crippen LogP contribution >= 0.6 is 11.3 Å². The van der Waals surface area contributed by atoms with Crippen LogP contribution in [0.1, 0.15) is 0 Å². The summed E-state index contributed by atoms with van der Waals surface area (Å²) in [5, 5.41) is 2.06. The van der Waals surface area contributed by atoms with Crippen LogP contribution in [0.2, 0.25) is 0 Å². The third kappa shape index (κ3) is 1.07. The molecule has 0 saturated heterocycles. The van der Waals surface area contributed by atoms with Gasteiger partial charge in [0.1, 0.15) is 18.9 Å². The van der Waals surface area contributed by atoms with Crippen LogP contribution in [0.25, 0.3) is 4.83 Å². The number of hydrogen-bond donors (Lipinski definition) is 0. The molecule has 0 bridgehead atoms. The molecule has 2 nitrogen and oxygen atoms in total. The fraction of sp³-hybridized carbons (Fsp3) is 0.125. The maximum Gasteiger partial charge on any atom is 0.249 e. The fourth-order valence-electron chi connectivity index (χ4n) is 1.05. The number of nitrogens with zero attached hydrogens (tertiary/aromatic N) is 2. The molecule has 11 heavy (non-hydrogen) atoms. The van der Waals surface area contributed by atoms with Crippen LogP contribution in [0.4, 0.5) is 0 Å². The molecule has 0 aliphatic carbocycles. The molecule has 3 heteroatoms. The van der Waals surface area contributed by atoms with E-state index in [4.69, 9.17) is 6.58 Å². The molecule has 2 rings (SSSR count). The molecule has 0 aromatic carbocycles. The summed E-state index contributed by atoms with van der Waals surface area (Å²) >= 11 is 1.72. The van der Waals surface area contributed by atoms with Crippen LogP contribution < -0.4 is 4.40 Å². The Morgan fingerprint density at radius 1 is 1.73 bits per heavy atom. The zero-order chi connectivity index (χ0) is 7.68. The van der Waals surface area contributed by atoms with Crippen molar-refractivity contribution in [3.05, 3.63) is 36.8 Å². The van der Waals surface area contributed by atoms with Gasteiger partial charge in [0.05, 0.1) is 0 Å².